The molecular weight excluding hydrogens is 232 g/mol. The highest BCUT2D eigenvalue weighted by Gasteiger charge is 2.63. The van der Waals surface area contributed by atoms with Crippen LogP contribution in [0.3, 0.4) is 0 Å². The Morgan fingerprint density at radius 2 is 2.11 bits per heavy atom. The van der Waals surface area contributed by atoms with Gasteiger partial charge in [-0.3, -0.25) is 9.59 Å². The molecule has 1 heterocycles. The van der Waals surface area contributed by atoms with Crippen molar-refractivity contribution in [3.05, 3.63) is 0 Å². The Balaban J connectivity index is 1.68. The number of fused-ring (bicyclic) bond motifs is 1. The number of esters is 2. The molecule has 0 radical (unpaired) electrons. The van der Waals surface area contributed by atoms with Gasteiger partial charge < -0.3 is 9.47 Å². The Hall–Kier alpha value is -1.06. The molecule has 0 aromatic rings. The van der Waals surface area contributed by atoms with Gasteiger partial charge in [0.1, 0.15) is 12.2 Å². The van der Waals surface area contributed by atoms with E-state index in [9.17, 15) is 9.59 Å². The average molecular weight is 252 g/mol. The lowest BCUT2D eigenvalue weighted by Crippen LogP contribution is -2.37. The predicted octanol–water partition coefficient (Wildman–Crippen LogP) is 1.92. The summed E-state index contributed by atoms with van der Waals surface area (Å²) in [5.74, 6) is 0.530. The predicted molar refractivity (Wildman–Crippen MR) is 63.5 cm³/mol. The maximum atomic E-state index is 12.0. The first-order valence-corrected chi connectivity index (χ1v) is 7.06. The van der Waals surface area contributed by atoms with Crippen molar-refractivity contribution in [1.82, 2.24) is 0 Å². The molecule has 3 fully saturated rings. The second-order valence-corrected chi connectivity index (χ2v) is 5.82. The summed E-state index contributed by atoms with van der Waals surface area (Å²) in [7, 11) is 0. The van der Waals surface area contributed by atoms with Gasteiger partial charge in [-0.1, -0.05) is 13.8 Å². The van der Waals surface area contributed by atoms with Gasteiger partial charge in [0.15, 0.2) is 0 Å². The summed E-state index contributed by atoms with van der Waals surface area (Å²) >= 11 is 0. The SMILES string of the molecule is CCC(CC)C(=O)OC1C2CC3C(=O)OC1C3C2. The number of hydrogen-bond donors (Lipinski definition) is 0. The van der Waals surface area contributed by atoms with Gasteiger partial charge in [-0.15, -0.1) is 0 Å². The molecule has 1 saturated heterocycles. The van der Waals surface area contributed by atoms with Crippen molar-refractivity contribution in [1.29, 1.82) is 0 Å². The molecule has 0 aromatic carbocycles. The third kappa shape index (κ3) is 1.57. The van der Waals surface area contributed by atoms with E-state index in [1.165, 1.54) is 0 Å². The molecule has 0 aromatic heterocycles. The fourth-order valence-corrected chi connectivity index (χ4v) is 3.92. The van der Waals surface area contributed by atoms with Gasteiger partial charge in [0.25, 0.3) is 0 Å². The summed E-state index contributed by atoms with van der Waals surface area (Å²) in [5, 5.41) is 0. The van der Waals surface area contributed by atoms with Crippen molar-refractivity contribution in [3.63, 3.8) is 0 Å². The van der Waals surface area contributed by atoms with Crippen LogP contribution in [0.25, 0.3) is 0 Å². The third-order valence-corrected chi connectivity index (χ3v) is 4.98. The number of ether oxygens (including phenoxy) is 2. The van der Waals surface area contributed by atoms with Gasteiger partial charge in [0, 0.05) is 11.8 Å². The molecule has 18 heavy (non-hydrogen) atoms. The summed E-state index contributed by atoms with van der Waals surface area (Å²) in [6.07, 6.45) is 3.13. The Labute approximate surface area is 107 Å². The lowest BCUT2D eigenvalue weighted by atomic mass is 9.88. The maximum absolute atomic E-state index is 12.0. The summed E-state index contributed by atoms with van der Waals surface area (Å²) < 4.78 is 11.0. The van der Waals surface area contributed by atoms with Crippen LogP contribution < -0.4 is 0 Å². The maximum Gasteiger partial charge on any atom is 0.309 e. The van der Waals surface area contributed by atoms with Crippen molar-refractivity contribution in [2.75, 3.05) is 0 Å². The average Bonchev–Trinajstić information content (AvgIpc) is 2.95. The molecule has 2 saturated carbocycles. The van der Waals surface area contributed by atoms with E-state index in [1.807, 2.05) is 13.8 Å². The second-order valence-electron chi connectivity index (χ2n) is 5.82. The fourth-order valence-electron chi connectivity index (χ4n) is 3.92. The molecule has 1 aliphatic heterocycles. The molecule has 0 amide bonds. The molecule has 5 atom stereocenters. The monoisotopic (exact) mass is 252 g/mol. The summed E-state index contributed by atoms with van der Waals surface area (Å²) in [6, 6.07) is 0. The van der Waals surface area contributed by atoms with Crippen molar-refractivity contribution in [3.8, 4) is 0 Å². The van der Waals surface area contributed by atoms with E-state index < -0.39 is 0 Å². The topological polar surface area (TPSA) is 52.6 Å². The molecule has 4 heteroatoms. The van der Waals surface area contributed by atoms with Gasteiger partial charge in [-0.05, 0) is 25.7 Å². The minimum atomic E-state index is -0.175. The normalized spacial score (nSPS) is 40.4. The van der Waals surface area contributed by atoms with E-state index in [-0.39, 0.29) is 36.0 Å². The molecule has 4 nitrogen and oxygen atoms in total. The summed E-state index contributed by atoms with van der Waals surface area (Å²) in [6.45, 7) is 4.00. The number of rotatable bonds is 4. The molecule has 0 spiro atoms. The lowest BCUT2D eigenvalue weighted by Gasteiger charge is -2.26. The van der Waals surface area contributed by atoms with Gasteiger partial charge in [0.2, 0.25) is 0 Å². The first-order chi connectivity index (χ1) is 8.65. The summed E-state index contributed by atoms with van der Waals surface area (Å²) in [5.41, 5.74) is 0. The van der Waals surface area contributed by atoms with Gasteiger partial charge in [0.05, 0.1) is 11.8 Å². The van der Waals surface area contributed by atoms with Crippen LogP contribution in [0.5, 0.6) is 0 Å². The van der Waals surface area contributed by atoms with E-state index in [0.717, 1.165) is 25.7 Å². The zero-order chi connectivity index (χ0) is 12.9. The molecule has 2 bridgehead atoms. The van der Waals surface area contributed by atoms with Crippen LogP contribution >= 0.6 is 0 Å². The largest absolute Gasteiger partial charge is 0.458 e. The molecule has 3 aliphatic rings. The Kier molecular flexibility index (Phi) is 2.83. The zero-order valence-electron chi connectivity index (χ0n) is 10.9. The smallest absolute Gasteiger partial charge is 0.309 e. The van der Waals surface area contributed by atoms with Crippen LogP contribution in [0.4, 0.5) is 0 Å². The molecule has 5 unspecified atom stereocenters. The highest BCUT2D eigenvalue weighted by atomic mass is 16.6. The number of carbonyl (C=O) groups is 2. The van der Waals surface area contributed by atoms with Crippen LogP contribution in [-0.2, 0) is 19.1 Å². The van der Waals surface area contributed by atoms with E-state index >= 15 is 0 Å². The van der Waals surface area contributed by atoms with Gasteiger partial charge >= 0.3 is 11.9 Å². The number of carbonyl (C=O) groups excluding carboxylic acids is 2. The Morgan fingerprint density at radius 1 is 1.39 bits per heavy atom. The molecule has 100 valence electrons. The first-order valence-electron chi connectivity index (χ1n) is 7.06. The van der Waals surface area contributed by atoms with Crippen LogP contribution in [0.15, 0.2) is 0 Å². The second kappa shape index (κ2) is 4.25. The van der Waals surface area contributed by atoms with Crippen LogP contribution in [0.2, 0.25) is 0 Å². The van der Waals surface area contributed by atoms with E-state index in [4.69, 9.17) is 9.47 Å². The van der Waals surface area contributed by atoms with Crippen LogP contribution in [0.1, 0.15) is 39.5 Å². The zero-order valence-corrected chi connectivity index (χ0v) is 10.9. The lowest BCUT2D eigenvalue weighted by molar-refractivity contribution is -0.165. The highest BCUT2D eigenvalue weighted by molar-refractivity contribution is 5.77. The Morgan fingerprint density at radius 3 is 2.78 bits per heavy atom. The fraction of sp³-hybridized carbons (Fsp3) is 0.857. The highest BCUT2D eigenvalue weighted by Crippen LogP contribution is 2.55. The van der Waals surface area contributed by atoms with Crippen molar-refractivity contribution < 1.29 is 19.1 Å². The summed E-state index contributed by atoms with van der Waals surface area (Å²) in [4.78, 5) is 23.6. The molecule has 3 rings (SSSR count). The molecule has 2 aliphatic carbocycles. The van der Waals surface area contributed by atoms with Crippen molar-refractivity contribution in [2.24, 2.45) is 23.7 Å². The van der Waals surface area contributed by atoms with Crippen molar-refractivity contribution in [2.45, 2.75) is 51.7 Å². The van der Waals surface area contributed by atoms with Gasteiger partial charge in [-0.2, -0.15) is 0 Å². The minimum Gasteiger partial charge on any atom is -0.458 e. The molecular formula is C14H20O4. The standard InChI is InChI=1S/C14H20O4/c1-3-7(4-2)13(15)17-11-8-5-9-10(6-8)14(16)18-12(9)11/h7-12H,3-6H2,1-2H3. The third-order valence-electron chi connectivity index (χ3n) is 4.98. The van der Waals surface area contributed by atoms with Crippen LogP contribution in [-0.4, -0.2) is 24.1 Å². The minimum absolute atomic E-state index is 0.0166. The van der Waals surface area contributed by atoms with E-state index in [1.54, 1.807) is 0 Å². The van der Waals surface area contributed by atoms with E-state index in [0.29, 0.717) is 11.8 Å². The number of hydrogen-bond acceptors (Lipinski definition) is 4. The first kappa shape index (κ1) is 12.0. The Bertz CT molecular complexity index is 374. The van der Waals surface area contributed by atoms with Crippen LogP contribution in [0, 0.1) is 23.7 Å². The van der Waals surface area contributed by atoms with Crippen molar-refractivity contribution >= 4 is 11.9 Å². The van der Waals surface area contributed by atoms with E-state index in [2.05, 4.69) is 0 Å². The van der Waals surface area contributed by atoms with Gasteiger partial charge in [-0.25, -0.2) is 0 Å². The molecule has 0 N–H and O–H groups in total. The quantitative estimate of drug-likeness (QED) is 0.717.